The number of rotatable bonds is 5. The number of nitrogens with one attached hydrogen (secondary N) is 2. The molecule has 2 N–H and O–H groups in total. The van der Waals surface area contributed by atoms with E-state index < -0.39 is 11.0 Å². The molecule has 0 aromatic heterocycles. The second kappa shape index (κ2) is 6.95. The molecule has 9 nitrogen and oxygen atoms in total. The van der Waals surface area contributed by atoms with E-state index in [2.05, 4.69) is 10.6 Å². The number of methoxy groups -OCH3 is 1. The van der Waals surface area contributed by atoms with Gasteiger partial charge in [-0.05, 0) is 23.8 Å². The smallest absolute Gasteiger partial charge is 0.319 e. The zero-order chi connectivity index (χ0) is 17.8. The van der Waals surface area contributed by atoms with Crippen LogP contribution < -0.4 is 24.8 Å². The van der Waals surface area contributed by atoms with Gasteiger partial charge in [0.15, 0.2) is 11.5 Å². The summed E-state index contributed by atoms with van der Waals surface area (Å²) in [5, 5.41) is 16.1. The summed E-state index contributed by atoms with van der Waals surface area (Å²) in [7, 11) is 1.37. The number of hydrogen-bond acceptors (Lipinski definition) is 6. The molecule has 1 heterocycles. The Balaban J connectivity index is 1.62. The van der Waals surface area contributed by atoms with Crippen LogP contribution in [-0.4, -0.2) is 24.9 Å². The van der Waals surface area contributed by atoms with E-state index >= 15 is 0 Å². The number of urea groups is 1. The van der Waals surface area contributed by atoms with Gasteiger partial charge in [-0.1, -0.05) is 6.07 Å². The second-order valence-corrected chi connectivity index (χ2v) is 5.14. The van der Waals surface area contributed by atoms with Gasteiger partial charge in [-0.2, -0.15) is 0 Å². The standard InChI is InChI=1S/C16H15N3O6/c1-23-14-7-11(19(21)22)3-4-12(14)18-16(20)17-8-10-2-5-13-15(6-10)25-9-24-13/h2-7H,8-9H2,1H3,(H2,17,18,20). The first-order valence-electron chi connectivity index (χ1n) is 7.32. The van der Waals surface area contributed by atoms with E-state index in [1.54, 1.807) is 12.1 Å². The molecule has 3 rings (SSSR count). The van der Waals surface area contributed by atoms with Crippen molar-refractivity contribution in [1.82, 2.24) is 5.32 Å². The molecule has 0 radical (unpaired) electrons. The van der Waals surface area contributed by atoms with Crippen molar-refractivity contribution in [3.8, 4) is 17.2 Å². The molecule has 0 aliphatic carbocycles. The summed E-state index contributed by atoms with van der Waals surface area (Å²) >= 11 is 0. The van der Waals surface area contributed by atoms with Crippen molar-refractivity contribution in [3.05, 3.63) is 52.1 Å². The molecule has 2 aromatic carbocycles. The number of carbonyl (C=O) groups is 1. The summed E-state index contributed by atoms with van der Waals surface area (Å²) in [6, 6.07) is 8.86. The van der Waals surface area contributed by atoms with Crippen LogP contribution in [0.15, 0.2) is 36.4 Å². The van der Waals surface area contributed by atoms with Crippen molar-refractivity contribution < 1.29 is 23.9 Å². The lowest BCUT2D eigenvalue weighted by Gasteiger charge is -2.11. The van der Waals surface area contributed by atoms with Gasteiger partial charge in [-0.25, -0.2) is 4.79 Å². The zero-order valence-corrected chi connectivity index (χ0v) is 13.3. The van der Waals surface area contributed by atoms with E-state index in [4.69, 9.17) is 14.2 Å². The van der Waals surface area contributed by atoms with Crippen molar-refractivity contribution in [2.24, 2.45) is 0 Å². The third kappa shape index (κ3) is 3.71. The number of hydrogen-bond donors (Lipinski definition) is 2. The highest BCUT2D eigenvalue weighted by atomic mass is 16.7. The third-order valence-corrected chi connectivity index (χ3v) is 3.53. The molecule has 9 heteroatoms. The summed E-state index contributed by atoms with van der Waals surface area (Å²) < 4.78 is 15.6. The van der Waals surface area contributed by atoms with Crippen LogP contribution >= 0.6 is 0 Å². The van der Waals surface area contributed by atoms with E-state index in [-0.39, 0.29) is 24.8 Å². The molecule has 0 saturated carbocycles. The SMILES string of the molecule is COc1cc([N+](=O)[O-])ccc1NC(=O)NCc1ccc2c(c1)OCO2. The number of anilines is 1. The first-order valence-corrected chi connectivity index (χ1v) is 7.32. The Morgan fingerprint density at radius 2 is 2.04 bits per heavy atom. The van der Waals surface area contributed by atoms with E-state index in [0.717, 1.165) is 5.56 Å². The minimum absolute atomic E-state index is 0.122. The summed E-state index contributed by atoms with van der Waals surface area (Å²) in [5.74, 6) is 1.51. The molecule has 1 aliphatic rings. The Morgan fingerprint density at radius 1 is 1.24 bits per heavy atom. The maximum atomic E-state index is 12.0. The summed E-state index contributed by atoms with van der Waals surface area (Å²) in [6.45, 7) is 0.463. The lowest BCUT2D eigenvalue weighted by Crippen LogP contribution is -2.28. The van der Waals surface area contributed by atoms with E-state index in [1.807, 2.05) is 6.07 Å². The highest BCUT2D eigenvalue weighted by Gasteiger charge is 2.15. The number of non-ortho nitro benzene ring substituents is 1. The summed E-state index contributed by atoms with van der Waals surface area (Å²) in [4.78, 5) is 22.3. The molecule has 25 heavy (non-hydrogen) atoms. The van der Waals surface area contributed by atoms with Gasteiger partial charge in [0, 0.05) is 12.6 Å². The Bertz CT molecular complexity index is 824. The molecule has 2 aromatic rings. The van der Waals surface area contributed by atoms with Gasteiger partial charge in [0.2, 0.25) is 6.79 Å². The Labute approximate surface area is 142 Å². The van der Waals surface area contributed by atoms with Crippen molar-refractivity contribution in [1.29, 1.82) is 0 Å². The molecule has 0 atom stereocenters. The number of nitro groups is 1. The molecule has 130 valence electrons. The first-order chi connectivity index (χ1) is 12.1. The van der Waals surface area contributed by atoms with E-state index in [1.165, 1.54) is 25.3 Å². The predicted molar refractivity (Wildman–Crippen MR) is 88.1 cm³/mol. The normalized spacial score (nSPS) is 11.7. The molecule has 1 aliphatic heterocycles. The minimum Gasteiger partial charge on any atom is -0.494 e. The number of nitro benzene ring substituents is 1. The Kier molecular flexibility index (Phi) is 4.55. The average Bonchev–Trinajstić information content (AvgIpc) is 3.07. The molecular weight excluding hydrogens is 330 g/mol. The predicted octanol–water partition coefficient (Wildman–Crippen LogP) is 2.65. The highest BCUT2D eigenvalue weighted by molar-refractivity contribution is 5.91. The van der Waals surface area contributed by atoms with Crippen LogP contribution in [0.2, 0.25) is 0 Å². The first kappa shape index (κ1) is 16.4. The van der Waals surface area contributed by atoms with Crippen LogP contribution in [0.1, 0.15) is 5.56 Å². The van der Waals surface area contributed by atoms with Crippen LogP contribution in [-0.2, 0) is 6.54 Å². The maximum absolute atomic E-state index is 12.0. The fourth-order valence-electron chi connectivity index (χ4n) is 2.30. The van der Waals surface area contributed by atoms with Crippen LogP contribution in [0.5, 0.6) is 17.2 Å². The number of carbonyl (C=O) groups excluding carboxylic acids is 1. The van der Waals surface area contributed by atoms with Gasteiger partial charge >= 0.3 is 6.03 Å². The van der Waals surface area contributed by atoms with Crippen LogP contribution in [0.3, 0.4) is 0 Å². The topological polar surface area (TPSA) is 112 Å². The molecule has 2 amide bonds. The highest BCUT2D eigenvalue weighted by Crippen LogP contribution is 2.32. The average molecular weight is 345 g/mol. The van der Waals surface area contributed by atoms with Crippen LogP contribution in [0.25, 0.3) is 0 Å². The van der Waals surface area contributed by atoms with Crippen molar-refractivity contribution in [2.45, 2.75) is 6.54 Å². The number of fused-ring (bicyclic) bond motifs is 1. The molecule has 0 fully saturated rings. The Morgan fingerprint density at radius 3 is 2.80 bits per heavy atom. The van der Waals surface area contributed by atoms with Gasteiger partial charge in [0.1, 0.15) is 5.75 Å². The molecule has 0 bridgehead atoms. The summed E-state index contributed by atoms with van der Waals surface area (Å²) in [5.41, 5.74) is 1.05. The minimum atomic E-state index is -0.536. The number of benzene rings is 2. The molecule has 0 saturated heterocycles. The number of ether oxygens (including phenoxy) is 3. The lowest BCUT2D eigenvalue weighted by atomic mass is 10.2. The van der Waals surface area contributed by atoms with Gasteiger partial charge in [-0.3, -0.25) is 10.1 Å². The van der Waals surface area contributed by atoms with E-state index in [9.17, 15) is 14.9 Å². The second-order valence-electron chi connectivity index (χ2n) is 5.14. The fraction of sp³-hybridized carbons (Fsp3) is 0.188. The van der Waals surface area contributed by atoms with Gasteiger partial charge in [0.05, 0.1) is 23.8 Å². The van der Waals surface area contributed by atoms with Gasteiger partial charge in [0.25, 0.3) is 5.69 Å². The van der Waals surface area contributed by atoms with Crippen LogP contribution in [0, 0.1) is 10.1 Å². The largest absolute Gasteiger partial charge is 0.494 e. The van der Waals surface area contributed by atoms with Gasteiger partial charge < -0.3 is 24.8 Å². The van der Waals surface area contributed by atoms with Crippen molar-refractivity contribution >= 4 is 17.4 Å². The number of nitrogens with zero attached hydrogens (tertiary/aromatic N) is 1. The molecule has 0 unspecified atom stereocenters. The zero-order valence-electron chi connectivity index (χ0n) is 13.3. The quantitative estimate of drug-likeness (QED) is 0.636. The Hall–Kier alpha value is -3.49. The summed E-state index contributed by atoms with van der Waals surface area (Å²) in [6.07, 6.45) is 0. The maximum Gasteiger partial charge on any atom is 0.319 e. The van der Waals surface area contributed by atoms with Crippen molar-refractivity contribution in [2.75, 3.05) is 19.2 Å². The molecular formula is C16H15N3O6. The monoisotopic (exact) mass is 345 g/mol. The third-order valence-electron chi connectivity index (χ3n) is 3.53. The van der Waals surface area contributed by atoms with Crippen molar-refractivity contribution in [3.63, 3.8) is 0 Å². The van der Waals surface area contributed by atoms with Crippen LogP contribution in [0.4, 0.5) is 16.2 Å². The van der Waals surface area contributed by atoms with E-state index in [0.29, 0.717) is 17.2 Å². The fourth-order valence-corrected chi connectivity index (χ4v) is 2.30. The van der Waals surface area contributed by atoms with Gasteiger partial charge in [-0.15, -0.1) is 0 Å². The number of amides is 2. The molecule has 0 spiro atoms. The lowest BCUT2D eigenvalue weighted by molar-refractivity contribution is -0.384.